The molecule has 1 saturated heterocycles. The number of nitrogens with zero attached hydrogens (tertiary/aromatic N) is 1. The van der Waals surface area contributed by atoms with Crippen LogP contribution >= 0.6 is 0 Å². The van der Waals surface area contributed by atoms with Crippen LogP contribution in [0.4, 0.5) is 0 Å². The van der Waals surface area contributed by atoms with Crippen molar-refractivity contribution in [3.05, 3.63) is 0 Å². The van der Waals surface area contributed by atoms with Crippen LogP contribution in [0.3, 0.4) is 0 Å². The summed E-state index contributed by atoms with van der Waals surface area (Å²) in [5, 5.41) is 4.01. The van der Waals surface area contributed by atoms with Crippen LogP contribution in [0.1, 0.15) is 59.3 Å². The number of nitrogens with one attached hydrogen (secondary N) is 1. The maximum absolute atomic E-state index is 4.01. The molecule has 2 nitrogen and oxygen atoms in total. The molecule has 1 aliphatic heterocycles. The molecule has 1 heterocycles. The van der Waals surface area contributed by atoms with Gasteiger partial charge in [0.05, 0.1) is 0 Å². The van der Waals surface area contributed by atoms with Crippen molar-refractivity contribution in [2.45, 2.75) is 71.4 Å². The SMILES string of the molecule is CN1CCC(NC2CCCCC2C(C)(C)C)CC1. The molecule has 0 aromatic carbocycles. The zero-order chi connectivity index (χ0) is 13.2. The second-order valence-electron chi connectivity index (χ2n) is 7.61. The molecule has 2 heteroatoms. The van der Waals surface area contributed by atoms with E-state index in [0.717, 1.165) is 18.0 Å². The third kappa shape index (κ3) is 3.71. The van der Waals surface area contributed by atoms with Crippen LogP contribution in [0.2, 0.25) is 0 Å². The standard InChI is InChI=1S/C16H32N2/c1-16(2,3)14-7-5-6-8-15(14)17-13-9-11-18(4)12-10-13/h13-15,17H,5-12H2,1-4H3. The summed E-state index contributed by atoms with van der Waals surface area (Å²) in [6.45, 7) is 9.81. The molecule has 2 rings (SSSR count). The summed E-state index contributed by atoms with van der Waals surface area (Å²) in [5.41, 5.74) is 0.462. The lowest BCUT2D eigenvalue weighted by molar-refractivity contribution is 0.111. The van der Waals surface area contributed by atoms with E-state index in [9.17, 15) is 0 Å². The van der Waals surface area contributed by atoms with E-state index in [4.69, 9.17) is 0 Å². The van der Waals surface area contributed by atoms with Crippen molar-refractivity contribution in [3.8, 4) is 0 Å². The van der Waals surface area contributed by atoms with Gasteiger partial charge in [-0.2, -0.15) is 0 Å². The molecule has 0 aromatic heterocycles. The molecule has 106 valence electrons. The van der Waals surface area contributed by atoms with Gasteiger partial charge in [0, 0.05) is 12.1 Å². The van der Waals surface area contributed by atoms with Crippen molar-refractivity contribution in [2.75, 3.05) is 20.1 Å². The molecular formula is C16H32N2. The topological polar surface area (TPSA) is 15.3 Å². The summed E-state index contributed by atoms with van der Waals surface area (Å²) in [7, 11) is 2.24. The minimum Gasteiger partial charge on any atom is -0.311 e. The second-order valence-corrected chi connectivity index (χ2v) is 7.61. The molecule has 1 aliphatic carbocycles. The lowest BCUT2D eigenvalue weighted by Gasteiger charge is -2.43. The van der Waals surface area contributed by atoms with Crippen molar-refractivity contribution in [2.24, 2.45) is 11.3 Å². The number of rotatable bonds is 2. The van der Waals surface area contributed by atoms with Crippen molar-refractivity contribution >= 4 is 0 Å². The Morgan fingerprint density at radius 2 is 1.56 bits per heavy atom. The molecule has 2 unspecified atom stereocenters. The average Bonchev–Trinajstić information content (AvgIpc) is 2.31. The monoisotopic (exact) mass is 252 g/mol. The van der Waals surface area contributed by atoms with Crippen LogP contribution in [0.25, 0.3) is 0 Å². The highest BCUT2D eigenvalue weighted by molar-refractivity contribution is 4.90. The Hall–Kier alpha value is -0.0800. The van der Waals surface area contributed by atoms with Crippen LogP contribution in [0, 0.1) is 11.3 Å². The summed E-state index contributed by atoms with van der Waals surface area (Å²) in [4.78, 5) is 2.46. The van der Waals surface area contributed by atoms with Crippen molar-refractivity contribution < 1.29 is 0 Å². The van der Waals surface area contributed by atoms with Crippen molar-refractivity contribution in [1.82, 2.24) is 10.2 Å². The predicted octanol–water partition coefficient (Wildman–Crippen LogP) is 3.28. The highest BCUT2D eigenvalue weighted by Gasteiger charge is 2.35. The molecular weight excluding hydrogens is 220 g/mol. The first-order valence-electron chi connectivity index (χ1n) is 7.91. The molecule has 0 spiro atoms. The van der Waals surface area contributed by atoms with Gasteiger partial charge >= 0.3 is 0 Å². The Labute approximate surface area is 114 Å². The maximum atomic E-state index is 4.01. The molecule has 0 radical (unpaired) electrons. The number of piperidine rings is 1. The first kappa shape index (κ1) is 14.3. The minimum atomic E-state index is 0.462. The Balaban J connectivity index is 1.89. The Bertz CT molecular complexity index is 248. The summed E-state index contributed by atoms with van der Waals surface area (Å²) in [6, 6.07) is 1.54. The maximum Gasteiger partial charge on any atom is 0.0103 e. The first-order chi connectivity index (χ1) is 8.47. The second kappa shape index (κ2) is 5.92. The summed E-state index contributed by atoms with van der Waals surface area (Å²) >= 11 is 0. The zero-order valence-electron chi connectivity index (χ0n) is 12.8. The van der Waals surface area contributed by atoms with E-state index >= 15 is 0 Å². The fourth-order valence-electron chi connectivity index (χ4n) is 3.84. The number of hydrogen-bond acceptors (Lipinski definition) is 2. The average molecular weight is 252 g/mol. The van der Waals surface area contributed by atoms with Gasteiger partial charge in [0.1, 0.15) is 0 Å². The van der Waals surface area contributed by atoms with Gasteiger partial charge in [-0.3, -0.25) is 0 Å². The molecule has 2 aliphatic rings. The smallest absolute Gasteiger partial charge is 0.0103 e. The summed E-state index contributed by atoms with van der Waals surface area (Å²) in [6.07, 6.45) is 8.36. The zero-order valence-corrected chi connectivity index (χ0v) is 12.8. The van der Waals surface area contributed by atoms with Crippen LogP contribution in [-0.2, 0) is 0 Å². The third-order valence-electron chi connectivity index (χ3n) is 5.05. The van der Waals surface area contributed by atoms with Crippen LogP contribution in [0.5, 0.6) is 0 Å². The van der Waals surface area contributed by atoms with E-state index in [-0.39, 0.29) is 0 Å². The quantitative estimate of drug-likeness (QED) is 0.811. The molecule has 2 fully saturated rings. The van der Waals surface area contributed by atoms with Gasteiger partial charge in [-0.15, -0.1) is 0 Å². The molecule has 0 amide bonds. The van der Waals surface area contributed by atoms with E-state index in [1.165, 1.54) is 51.6 Å². The van der Waals surface area contributed by atoms with Crippen LogP contribution < -0.4 is 5.32 Å². The highest BCUT2D eigenvalue weighted by Crippen LogP contribution is 2.38. The molecule has 1 N–H and O–H groups in total. The lowest BCUT2D eigenvalue weighted by Crippen LogP contribution is -2.51. The van der Waals surface area contributed by atoms with Crippen molar-refractivity contribution in [1.29, 1.82) is 0 Å². The van der Waals surface area contributed by atoms with Gasteiger partial charge in [-0.25, -0.2) is 0 Å². The third-order valence-corrected chi connectivity index (χ3v) is 5.05. The van der Waals surface area contributed by atoms with E-state index in [2.05, 4.69) is 38.0 Å². The van der Waals surface area contributed by atoms with Crippen LogP contribution in [0.15, 0.2) is 0 Å². The molecule has 18 heavy (non-hydrogen) atoms. The fraction of sp³-hybridized carbons (Fsp3) is 1.00. The fourth-order valence-corrected chi connectivity index (χ4v) is 3.84. The summed E-state index contributed by atoms with van der Waals surface area (Å²) in [5.74, 6) is 0.867. The predicted molar refractivity (Wildman–Crippen MR) is 78.9 cm³/mol. The van der Waals surface area contributed by atoms with Gasteiger partial charge in [0.2, 0.25) is 0 Å². The summed E-state index contributed by atoms with van der Waals surface area (Å²) < 4.78 is 0. The Kier molecular flexibility index (Phi) is 4.71. The minimum absolute atomic E-state index is 0.462. The van der Waals surface area contributed by atoms with Gasteiger partial charge in [0.25, 0.3) is 0 Å². The van der Waals surface area contributed by atoms with E-state index in [0.29, 0.717) is 5.41 Å². The first-order valence-corrected chi connectivity index (χ1v) is 7.91. The van der Waals surface area contributed by atoms with Crippen LogP contribution in [-0.4, -0.2) is 37.1 Å². The number of likely N-dealkylation sites (tertiary alicyclic amines) is 1. The van der Waals surface area contributed by atoms with Gasteiger partial charge in [0.15, 0.2) is 0 Å². The van der Waals surface area contributed by atoms with E-state index in [1.807, 2.05) is 0 Å². The van der Waals surface area contributed by atoms with Gasteiger partial charge < -0.3 is 10.2 Å². The Morgan fingerprint density at radius 3 is 2.17 bits per heavy atom. The van der Waals surface area contributed by atoms with Gasteiger partial charge in [-0.05, 0) is 57.2 Å². The van der Waals surface area contributed by atoms with Gasteiger partial charge in [-0.1, -0.05) is 33.6 Å². The molecule has 2 atom stereocenters. The van der Waals surface area contributed by atoms with Crippen molar-refractivity contribution in [3.63, 3.8) is 0 Å². The molecule has 1 saturated carbocycles. The molecule has 0 bridgehead atoms. The normalized spacial score (nSPS) is 32.7. The molecule has 0 aromatic rings. The number of hydrogen-bond donors (Lipinski definition) is 1. The lowest BCUT2D eigenvalue weighted by atomic mass is 9.69. The largest absolute Gasteiger partial charge is 0.311 e. The van der Waals surface area contributed by atoms with E-state index < -0.39 is 0 Å². The highest BCUT2D eigenvalue weighted by atomic mass is 15.1. The van der Waals surface area contributed by atoms with E-state index in [1.54, 1.807) is 0 Å². The Morgan fingerprint density at radius 1 is 0.944 bits per heavy atom.